The zero-order valence-electron chi connectivity index (χ0n) is 5.82. The van der Waals surface area contributed by atoms with E-state index in [4.69, 9.17) is 4.52 Å². The Bertz CT molecular complexity index is 217. The quantitative estimate of drug-likeness (QED) is 0.544. The molecule has 1 aromatic heterocycles. The Balaban J connectivity index is 3.13. The molecule has 0 bridgehead atoms. The predicted octanol–water partition coefficient (Wildman–Crippen LogP) is 2.11. The van der Waals surface area contributed by atoms with Crippen LogP contribution in [-0.2, 0) is 0 Å². The third-order valence-corrected chi connectivity index (χ3v) is 1.01. The first-order valence-corrected chi connectivity index (χ1v) is 3.10. The molecular formula is C8H9NO. The van der Waals surface area contributed by atoms with Crippen molar-refractivity contribution in [2.45, 2.75) is 6.92 Å². The van der Waals surface area contributed by atoms with Crippen molar-refractivity contribution < 1.29 is 4.52 Å². The fourth-order valence-corrected chi connectivity index (χ4v) is 0.548. The van der Waals surface area contributed by atoms with E-state index in [0.29, 0.717) is 0 Å². The summed E-state index contributed by atoms with van der Waals surface area (Å²) in [6.45, 7) is 1.85. The van der Waals surface area contributed by atoms with Crippen molar-refractivity contribution in [2.24, 2.45) is 0 Å². The Morgan fingerprint density at radius 3 is 2.90 bits per heavy atom. The Hall–Kier alpha value is -1.31. The molecular weight excluding hydrogens is 126 g/mol. The van der Waals surface area contributed by atoms with Crippen LogP contribution in [0.15, 0.2) is 41.1 Å². The van der Waals surface area contributed by atoms with Gasteiger partial charge in [-0.15, -0.1) is 0 Å². The van der Waals surface area contributed by atoms with E-state index in [9.17, 15) is 0 Å². The van der Waals surface area contributed by atoms with E-state index >= 15 is 0 Å². The van der Waals surface area contributed by atoms with Crippen molar-refractivity contribution in [1.29, 1.82) is 0 Å². The summed E-state index contributed by atoms with van der Waals surface area (Å²) in [5, 5.41) is 3.65. The van der Waals surface area contributed by atoms with Gasteiger partial charge in [-0.3, -0.25) is 0 Å². The summed E-state index contributed by atoms with van der Waals surface area (Å²) in [5.74, 6) is 0.788. The predicted molar refractivity (Wildman–Crippen MR) is 38.9 cm³/mol. The zero-order chi connectivity index (χ0) is 7.23. The van der Waals surface area contributed by atoms with Crippen molar-refractivity contribution in [1.82, 2.24) is 5.16 Å². The topological polar surface area (TPSA) is 26.0 Å². The first-order valence-electron chi connectivity index (χ1n) is 3.10. The van der Waals surface area contributed by atoms with Gasteiger partial charge in [-0.1, -0.05) is 23.4 Å². The van der Waals surface area contributed by atoms with Crippen LogP contribution in [-0.4, -0.2) is 5.16 Å². The van der Waals surface area contributed by atoms with Crippen LogP contribution in [0.5, 0.6) is 0 Å². The van der Waals surface area contributed by atoms with Gasteiger partial charge in [0.2, 0.25) is 0 Å². The normalized spacial score (nSPS) is 8.50. The average molecular weight is 135 g/mol. The van der Waals surface area contributed by atoms with Crippen LogP contribution in [0.2, 0.25) is 0 Å². The fraction of sp³-hybridized carbons (Fsp3) is 0.125. The Morgan fingerprint density at radius 1 is 1.20 bits per heavy atom. The molecule has 0 aliphatic carbocycles. The number of aryl methyl sites for hydroxylation is 1. The van der Waals surface area contributed by atoms with Crippen LogP contribution >= 0.6 is 0 Å². The highest BCUT2D eigenvalue weighted by atomic mass is 16.5. The van der Waals surface area contributed by atoms with Gasteiger partial charge in [-0.2, -0.15) is 0 Å². The van der Waals surface area contributed by atoms with E-state index in [1.54, 1.807) is 6.20 Å². The zero-order valence-corrected chi connectivity index (χ0v) is 5.82. The lowest BCUT2D eigenvalue weighted by Crippen LogP contribution is -1.63. The van der Waals surface area contributed by atoms with Gasteiger partial charge in [0, 0.05) is 0 Å². The highest BCUT2D eigenvalue weighted by Gasteiger charge is 1.73. The first-order chi connectivity index (χ1) is 4.89. The maximum Gasteiger partial charge on any atom is 0.131 e. The first kappa shape index (κ1) is 6.81. The third kappa shape index (κ3) is 2.31. The molecule has 0 fully saturated rings. The summed E-state index contributed by atoms with van der Waals surface area (Å²) < 4.78 is 4.89. The number of hydrogen-bond acceptors (Lipinski definition) is 2. The van der Waals surface area contributed by atoms with Gasteiger partial charge in [0.25, 0.3) is 0 Å². The van der Waals surface area contributed by atoms with Crippen LogP contribution in [0.4, 0.5) is 0 Å². The minimum absolute atomic E-state index is 0.788. The van der Waals surface area contributed by atoms with Gasteiger partial charge in [0.15, 0.2) is 0 Å². The molecule has 52 valence electrons. The maximum absolute atomic E-state index is 4.89. The Labute approximate surface area is 59.8 Å². The largest absolute Gasteiger partial charge is 0.362 e. The molecule has 0 atom stereocenters. The Kier molecular flexibility index (Phi) is 2.49. The van der Waals surface area contributed by atoms with Crippen LogP contribution in [0, 0.1) is 6.92 Å². The Morgan fingerprint density at radius 2 is 2.00 bits per heavy atom. The van der Waals surface area contributed by atoms with Crippen LogP contribution in [0.3, 0.4) is 0 Å². The van der Waals surface area contributed by atoms with E-state index in [2.05, 4.69) is 5.16 Å². The minimum Gasteiger partial charge on any atom is -0.362 e. The molecule has 0 amide bonds. The second-order valence-corrected chi connectivity index (χ2v) is 1.89. The van der Waals surface area contributed by atoms with Gasteiger partial charge < -0.3 is 4.52 Å². The second kappa shape index (κ2) is 3.67. The molecule has 10 heavy (non-hydrogen) atoms. The summed E-state index contributed by atoms with van der Waals surface area (Å²) in [6, 6.07) is 9.38. The summed E-state index contributed by atoms with van der Waals surface area (Å²) in [5.41, 5.74) is 0. The molecule has 0 saturated heterocycles. The summed E-state index contributed by atoms with van der Waals surface area (Å²) in [4.78, 5) is 0. The van der Waals surface area contributed by atoms with E-state index in [0.717, 1.165) is 5.76 Å². The molecule has 0 aliphatic rings. The van der Waals surface area contributed by atoms with E-state index in [1.807, 2.05) is 37.3 Å². The molecule has 2 nitrogen and oxygen atoms in total. The number of aromatic nitrogens is 1. The highest BCUT2D eigenvalue weighted by molar-refractivity contribution is 4.95. The lowest BCUT2D eigenvalue weighted by molar-refractivity contribution is 0.381. The van der Waals surface area contributed by atoms with Crippen molar-refractivity contribution in [3.63, 3.8) is 0 Å². The van der Waals surface area contributed by atoms with Crippen LogP contribution < -0.4 is 0 Å². The van der Waals surface area contributed by atoms with E-state index < -0.39 is 0 Å². The standard InChI is InChI=1S/C8H9NO/c1-8-6-4-2-3-5-7-9-10-8/h2-7H,1H3. The van der Waals surface area contributed by atoms with Gasteiger partial charge >= 0.3 is 0 Å². The monoisotopic (exact) mass is 135 g/mol. The number of hydrogen-bond donors (Lipinski definition) is 0. The third-order valence-electron chi connectivity index (χ3n) is 1.01. The van der Waals surface area contributed by atoms with Gasteiger partial charge in [0.1, 0.15) is 5.76 Å². The molecule has 1 heterocycles. The highest BCUT2D eigenvalue weighted by Crippen LogP contribution is 1.87. The van der Waals surface area contributed by atoms with Gasteiger partial charge in [0.05, 0.1) is 6.20 Å². The molecule has 0 unspecified atom stereocenters. The van der Waals surface area contributed by atoms with Crippen molar-refractivity contribution in [3.8, 4) is 0 Å². The maximum atomic E-state index is 4.89. The molecule has 0 aliphatic heterocycles. The van der Waals surface area contributed by atoms with Crippen molar-refractivity contribution >= 4 is 0 Å². The lowest BCUT2D eigenvalue weighted by atomic mass is 10.4. The summed E-state index contributed by atoms with van der Waals surface area (Å²) in [7, 11) is 0. The second-order valence-electron chi connectivity index (χ2n) is 1.89. The molecule has 0 N–H and O–H groups in total. The van der Waals surface area contributed by atoms with Crippen LogP contribution in [0.1, 0.15) is 5.76 Å². The lowest BCUT2D eigenvalue weighted by Gasteiger charge is -1.76. The molecule has 0 saturated carbocycles. The SMILES string of the molecule is Cc1ccccccno1. The van der Waals surface area contributed by atoms with Crippen LogP contribution in [0.25, 0.3) is 0 Å². The minimum atomic E-state index is 0.788. The molecule has 2 heteroatoms. The van der Waals surface area contributed by atoms with Gasteiger partial charge in [-0.25, -0.2) is 0 Å². The molecule has 1 aromatic rings. The summed E-state index contributed by atoms with van der Waals surface area (Å²) in [6.07, 6.45) is 1.60. The molecule has 1 rings (SSSR count). The summed E-state index contributed by atoms with van der Waals surface area (Å²) >= 11 is 0. The molecule has 0 radical (unpaired) electrons. The molecule has 0 spiro atoms. The van der Waals surface area contributed by atoms with E-state index in [1.165, 1.54) is 0 Å². The molecule has 0 aromatic carbocycles. The number of nitrogens with zero attached hydrogens (tertiary/aromatic N) is 1. The van der Waals surface area contributed by atoms with E-state index in [-0.39, 0.29) is 0 Å². The fourth-order valence-electron chi connectivity index (χ4n) is 0.548. The van der Waals surface area contributed by atoms with Gasteiger partial charge in [-0.05, 0) is 19.1 Å². The average Bonchev–Trinajstić information content (AvgIpc) is 2.02. The van der Waals surface area contributed by atoms with Crippen molar-refractivity contribution in [2.75, 3.05) is 0 Å². The smallest absolute Gasteiger partial charge is 0.131 e. The van der Waals surface area contributed by atoms with Crippen molar-refractivity contribution in [3.05, 3.63) is 42.3 Å². The number of rotatable bonds is 0.